The van der Waals surface area contributed by atoms with E-state index < -0.39 is 0 Å². The lowest BCUT2D eigenvalue weighted by molar-refractivity contribution is 0.671. The Morgan fingerprint density at radius 3 is 1.50 bits per heavy atom. The van der Waals surface area contributed by atoms with E-state index in [-0.39, 0.29) is 0 Å². The standard InChI is InChI=1S/C52H35N3O/c1-34-14-11-21-40(30-34)36-26-28-39(29-27-36)51-53-50(38-19-9-4-10-20-38)54-52(55-51)42-23-12-22-41(31-42)44-24-13-25-45-47-33-43(35-15-5-2-6-16-35)32-46(49(47)56-48(44)45)37-17-7-3-8-18-37/h2-33H,1H3. The van der Waals surface area contributed by atoms with Crippen LogP contribution in [0.15, 0.2) is 199 Å². The lowest BCUT2D eigenvalue weighted by Crippen LogP contribution is -2.00. The minimum Gasteiger partial charge on any atom is -0.455 e. The molecule has 0 aliphatic carbocycles. The molecule has 8 aromatic carbocycles. The summed E-state index contributed by atoms with van der Waals surface area (Å²) in [6, 6.07) is 67.5. The number of aromatic nitrogens is 3. The van der Waals surface area contributed by atoms with E-state index in [0.717, 1.165) is 72.0 Å². The quantitative estimate of drug-likeness (QED) is 0.165. The second-order valence-electron chi connectivity index (χ2n) is 14.1. The lowest BCUT2D eigenvalue weighted by Gasteiger charge is -2.10. The SMILES string of the molecule is Cc1cccc(-c2ccc(-c3nc(-c4ccccc4)nc(-c4cccc(-c5cccc6c5oc5c(-c7ccccc7)cc(-c7ccccc7)cc56)c4)n3)cc2)c1. The number of rotatable bonds is 7. The van der Waals surface area contributed by atoms with Gasteiger partial charge in [-0.15, -0.1) is 0 Å². The Labute approximate surface area is 325 Å². The molecular formula is C52H35N3O. The Morgan fingerprint density at radius 1 is 0.304 bits per heavy atom. The number of aryl methyl sites for hydroxylation is 1. The monoisotopic (exact) mass is 717 g/mol. The van der Waals surface area contributed by atoms with Gasteiger partial charge in [-0.2, -0.15) is 0 Å². The molecule has 0 aliphatic rings. The molecule has 2 heterocycles. The highest BCUT2D eigenvalue weighted by molar-refractivity contribution is 6.14. The molecule has 0 saturated heterocycles. The van der Waals surface area contributed by atoms with Gasteiger partial charge in [0.25, 0.3) is 0 Å². The summed E-state index contributed by atoms with van der Waals surface area (Å²) in [6.45, 7) is 2.12. The molecule has 0 unspecified atom stereocenters. The van der Waals surface area contributed by atoms with E-state index in [4.69, 9.17) is 19.4 Å². The van der Waals surface area contributed by atoms with E-state index in [1.54, 1.807) is 0 Å². The van der Waals surface area contributed by atoms with Gasteiger partial charge in [0.1, 0.15) is 11.2 Å². The Balaban J connectivity index is 1.10. The van der Waals surface area contributed by atoms with Crippen molar-refractivity contribution in [1.82, 2.24) is 15.0 Å². The van der Waals surface area contributed by atoms with E-state index in [0.29, 0.717) is 17.5 Å². The first-order valence-corrected chi connectivity index (χ1v) is 18.8. The Kier molecular flexibility index (Phi) is 8.34. The zero-order valence-electron chi connectivity index (χ0n) is 30.7. The molecule has 0 radical (unpaired) electrons. The van der Waals surface area contributed by atoms with E-state index in [2.05, 4.69) is 165 Å². The summed E-state index contributed by atoms with van der Waals surface area (Å²) in [4.78, 5) is 15.1. The van der Waals surface area contributed by atoms with Crippen molar-refractivity contribution < 1.29 is 4.42 Å². The molecule has 0 amide bonds. The summed E-state index contributed by atoms with van der Waals surface area (Å²) in [6.07, 6.45) is 0. The topological polar surface area (TPSA) is 51.8 Å². The van der Waals surface area contributed by atoms with E-state index in [9.17, 15) is 0 Å². The highest BCUT2D eigenvalue weighted by atomic mass is 16.3. The molecule has 0 spiro atoms. The summed E-state index contributed by atoms with van der Waals surface area (Å²) in [5, 5.41) is 2.15. The molecule has 0 saturated carbocycles. The van der Waals surface area contributed by atoms with Crippen LogP contribution in [0.5, 0.6) is 0 Å². The number of hydrogen-bond acceptors (Lipinski definition) is 4. The molecule has 56 heavy (non-hydrogen) atoms. The van der Waals surface area contributed by atoms with E-state index >= 15 is 0 Å². The number of fused-ring (bicyclic) bond motifs is 3. The number of furan rings is 1. The largest absolute Gasteiger partial charge is 0.455 e. The molecule has 0 atom stereocenters. The molecule has 4 nitrogen and oxygen atoms in total. The molecular weight excluding hydrogens is 683 g/mol. The first kappa shape index (κ1) is 33.2. The second kappa shape index (κ2) is 14.1. The predicted molar refractivity (Wildman–Crippen MR) is 230 cm³/mol. The number of para-hydroxylation sites is 1. The van der Waals surface area contributed by atoms with Crippen molar-refractivity contribution in [2.75, 3.05) is 0 Å². The van der Waals surface area contributed by atoms with Gasteiger partial charge in [-0.05, 0) is 58.5 Å². The maximum Gasteiger partial charge on any atom is 0.164 e. The molecule has 4 heteroatoms. The van der Waals surface area contributed by atoms with Gasteiger partial charge in [0.05, 0.1) is 0 Å². The van der Waals surface area contributed by atoms with Crippen LogP contribution >= 0.6 is 0 Å². The molecule has 2 aromatic heterocycles. The fraction of sp³-hybridized carbons (Fsp3) is 0.0192. The van der Waals surface area contributed by atoms with Gasteiger partial charge >= 0.3 is 0 Å². The van der Waals surface area contributed by atoms with Crippen LogP contribution in [-0.4, -0.2) is 15.0 Å². The fourth-order valence-electron chi connectivity index (χ4n) is 7.57. The average molecular weight is 718 g/mol. The molecule has 0 aliphatic heterocycles. The minimum atomic E-state index is 0.606. The van der Waals surface area contributed by atoms with Crippen LogP contribution in [0, 0.1) is 6.92 Å². The maximum absolute atomic E-state index is 6.92. The molecule has 264 valence electrons. The van der Waals surface area contributed by atoms with Crippen molar-refractivity contribution in [1.29, 1.82) is 0 Å². The van der Waals surface area contributed by atoms with Crippen molar-refractivity contribution in [2.45, 2.75) is 6.92 Å². The summed E-state index contributed by atoms with van der Waals surface area (Å²) >= 11 is 0. The third-order valence-electron chi connectivity index (χ3n) is 10.4. The number of benzene rings is 8. The molecule has 10 rings (SSSR count). The maximum atomic E-state index is 6.92. The Hall–Kier alpha value is -7.43. The average Bonchev–Trinajstić information content (AvgIpc) is 3.66. The van der Waals surface area contributed by atoms with Crippen molar-refractivity contribution in [3.63, 3.8) is 0 Å². The summed E-state index contributed by atoms with van der Waals surface area (Å²) in [5.74, 6) is 1.85. The van der Waals surface area contributed by atoms with Crippen LogP contribution in [0.25, 0.3) is 101 Å². The summed E-state index contributed by atoms with van der Waals surface area (Å²) < 4.78 is 6.92. The van der Waals surface area contributed by atoms with Crippen LogP contribution in [0.2, 0.25) is 0 Å². The van der Waals surface area contributed by atoms with Crippen LogP contribution in [0.3, 0.4) is 0 Å². The van der Waals surface area contributed by atoms with Gasteiger partial charge in [0, 0.05) is 38.6 Å². The summed E-state index contributed by atoms with van der Waals surface area (Å²) in [5.41, 5.74) is 14.5. The van der Waals surface area contributed by atoms with E-state index in [1.165, 1.54) is 16.7 Å². The zero-order chi connectivity index (χ0) is 37.4. The van der Waals surface area contributed by atoms with Gasteiger partial charge in [-0.25, -0.2) is 15.0 Å². The Bertz CT molecular complexity index is 3010. The third kappa shape index (κ3) is 6.23. The molecule has 10 aromatic rings. The van der Waals surface area contributed by atoms with Gasteiger partial charge < -0.3 is 4.42 Å². The first-order valence-electron chi connectivity index (χ1n) is 18.8. The van der Waals surface area contributed by atoms with E-state index in [1.807, 2.05) is 36.4 Å². The molecule has 0 fully saturated rings. The highest BCUT2D eigenvalue weighted by Gasteiger charge is 2.19. The molecule has 0 N–H and O–H groups in total. The zero-order valence-corrected chi connectivity index (χ0v) is 30.7. The normalized spacial score (nSPS) is 11.3. The number of nitrogens with zero attached hydrogens (tertiary/aromatic N) is 3. The fourth-order valence-corrected chi connectivity index (χ4v) is 7.57. The van der Waals surface area contributed by atoms with Crippen molar-refractivity contribution in [3.05, 3.63) is 200 Å². The van der Waals surface area contributed by atoms with Gasteiger partial charge in [0.15, 0.2) is 17.5 Å². The second-order valence-corrected chi connectivity index (χ2v) is 14.1. The first-order chi connectivity index (χ1) is 27.6. The van der Waals surface area contributed by atoms with Crippen LogP contribution in [0.1, 0.15) is 5.56 Å². The summed E-state index contributed by atoms with van der Waals surface area (Å²) in [7, 11) is 0. The highest BCUT2D eigenvalue weighted by Crippen LogP contribution is 2.43. The smallest absolute Gasteiger partial charge is 0.164 e. The van der Waals surface area contributed by atoms with Gasteiger partial charge in [-0.1, -0.05) is 181 Å². The van der Waals surface area contributed by atoms with Crippen molar-refractivity contribution >= 4 is 21.9 Å². The van der Waals surface area contributed by atoms with Crippen molar-refractivity contribution in [3.8, 4) is 78.7 Å². The Morgan fingerprint density at radius 2 is 0.804 bits per heavy atom. The minimum absolute atomic E-state index is 0.606. The predicted octanol–water partition coefficient (Wildman–Crippen LogP) is 13.7. The van der Waals surface area contributed by atoms with Crippen LogP contribution in [0.4, 0.5) is 0 Å². The van der Waals surface area contributed by atoms with Crippen LogP contribution < -0.4 is 0 Å². The van der Waals surface area contributed by atoms with Gasteiger partial charge in [-0.3, -0.25) is 0 Å². The third-order valence-corrected chi connectivity index (χ3v) is 10.4. The molecule has 0 bridgehead atoms. The van der Waals surface area contributed by atoms with Crippen molar-refractivity contribution in [2.24, 2.45) is 0 Å². The van der Waals surface area contributed by atoms with Gasteiger partial charge in [0.2, 0.25) is 0 Å². The lowest BCUT2D eigenvalue weighted by atomic mass is 9.95. The van der Waals surface area contributed by atoms with Crippen LogP contribution in [-0.2, 0) is 0 Å². The number of hydrogen-bond donors (Lipinski definition) is 0.